The number of halogens is 1. The van der Waals surface area contributed by atoms with Gasteiger partial charge in [0.05, 0.1) is 5.69 Å². The van der Waals surface area contributed by atoms with Crippen LogP contribution in [-0.4, -0.2) is 35.5 Å². The van der Waals surface area contributed by atoms with E-state index in [2.05, 4.69) is 15.4 Å². The van der Waals surface area contributed by atoms with Crippen LogP contribution in [-0.2, 0) is 0 Å². The van der Waals surface area contributed by atoms with E-state index in [1.165, 1.54) is 0 Å². The molecule has 1 aromatic carbocycles. The third-order valence-corrected chi connectivity index (χ3v) is 3.58. The molecule has 21 heavy (non-hydrogen) atoms. The number of fused-ring (bicyclic) bond motifs is 1. The van der Waals surface area contributed by atoms with E-state index < -0.39 is 0 Å². The summed E-state index contributed by atoms with van der Waals surface area (Å²) in [5.41, 5.74) is 9.11. The minimum absolute atomic E-state index is 0.547. The van der Waals surface area contributed by atoms with Gasteiger partial charge in [-0.2, -0.15) is 9.61 Å². The Morgan fingerprint density at radius 3 is 2.90 bits per heavy atom. The van der Waals surface area contributed by atoms with Crippen molar-refractivity contribution in [2.45, 2.75) is 0 Å². The van der Waals surface area contributed by atoms with Gasteiger partial charge in [0.1, 0.15) is 13.7 Å². The molecular formula is C14H15BClN5. The van der Waals surface area contributed by atoms with E-state index in [0.717, 1.165) is 28.2 Å². The molecule has 0 fully saturated rings. The standard InChI is InChI=1S/C14H15BClN5/c15-10-8-19-21-13(18-6-5-17)7-12(20-14(10)21)9-3-1-2-4-11(9)16/h1-4,7-8,18H,5-6,15,17H2. The van der Waals surface area contributed by atoms with Crippen molar-refractivity contribution in [1.29, 1.82) is 0 Å². The predicted molar refractivity (Wildman–Crippen MR) is 89.2 cm³/mol. The van der Waals surface area contributed by atoms with Gasteiger partial charge in [-0.1, -0.05) is 29.8 Å². The molecule has 0 aliphatic rings. The zero-order valence-corrected chi connectivity index (χ0v) is 12.4. The predicted octanol–water partition coefficient (Wildman–Crippen LogP) is 0.679. The molecule has 7 heteroatoms. The molecule has 2 heterocycles. The second kappa shape index (κ2) is 5.75. The molecule has 0 bridgehead atoms. The summed E-state index contributed by atoms with van der Waals surface area (Å²) < 4.78 is 1.78. The molecule has 3 aromatic rings. The second-order valence-corrected chi connectivity index (χ2v) is 5.19. The van der Waals surface area contributed by atoms with Gasteiger partial charge in [-0.25, -0.2) is 4.98 Å². The summed E-state index contributed by atoms with van der Waals surface area (Å²) in [6.07, 6.45) is 1.80. The van der Waals surface area contributed by atoms with Crippen LogP contribution in [0.25, 0.3) is 16.9 Å². The van der Waals surface area contributed by atoms with Crippen molar-refractivity contribution in [3.63, 3.8) is 0 Å². The van der Waals surface area contributed by atoms with Crippen LogP contribution < -0.4 is 16.5 Å². The maximum atomic E-state index is 6.28. The Balaban J connectivity index is 2.19. The monoisotopic (exact) mass is 299 g/mol. The lowest BCUT2D eigenvalue weighted by molar-refractivity contribution is 0.917. The molecule has 0 aliphatic carbocycles. The van der Waals surface area contributed by atoms with Crippen LogP contribution in [0.4, 0.5) is 5.82 Å². The Morgan fingerprint density at radius 2 is 2.14 bits per heavy atom. The molecule has 3 rings (SSSR count). The molecule has 0 unspecified atom stereocenters. The quantitative estimate of drug-likeness (QED) is 0.695. The first kappa shape index (κ1) is 13.9. The van der Waals surface area contributed by atoms with E-state index in [1.54, 1.807) is 10.7 Å². The number of benzene rings is 1. The van der Waals surface area contributed by atoms with Crippen molar-refractivity contribution in [2.75, 3.05) is 18.4 Å². The van der Waals surface area contributed by atoms with Crippen LogP contribution >= 0.6 is 11.6 Å². The number of aromatic nitrogens is 3. The molecular weight excluding hydrogens is 284 g/mol. The summed E-state index contributed by atoms with van der Waals surface area (Å²) in [5.74, 6) is 0.855. The lowest BCUT2D eigenvalue weighted by atomic mass is 10.0. The first-order valence-corrected chi connectivity index (χ1v) is 7.12. The van der Waals surface area contributed by atoms with Gasteiger partial charge < -0.3 is 11.1 Å². The normalized spacial score (nSPS) is 11.0. The summed E-state index contributed by atoms with van der Waals surface area (Å²) in [4.78, 5) is 4.68. The molecule has 3 N–H and O–H groups in total. The zero-order chi connectivity index (χ0) is 14.8. The highest BCUT2D eigenvalue weighted by Crippen LogP contribution is 2.28. The van der Waals surface area contributed by atoms with Gasteiger partial charge in [0.25, 0.3) is 0 Å². The maximum Gasteiger partial charge on any atom is 0.151 e. The van der Waals surface area contributed by atoms with Crippen molar-refractivity contribution in [3.05, 3.63) is 41.6 Å². The molecule has 0 amide bonds. The number of nitrogens with one attached hydrogen (secondary N) is 1. The fourth-order valence-corrected chi connectivity index (χ4v) is 2.44. The van der Waals surface area contributed by atoms with E-state index in [4.69, 9.17) is 17.3 Å². The average molecular weight is 300 g/mol. The minimum Gasteiger partial charge on any atom is -0.369 e. The Hall–Kier alpha value is -2.05. The van der Waals surface area contributed by atoms with Gasteiger partial charge in [-0.3, -0.25) is 0 Å². The number of nitrogens with two attached hydrogens (primary N) is 1. The van der Waals surface area contributed by atoms with Crippen molar-refractivity contribution in [2.24, 2.45) is 5.73 Å². The highest BCUT2D eigenvalue weighted by atomic mass is 35.5. The SMILES string of the molecule is Bc1cnn2c(NCCN)cc(-c3ccccc3Cl)nc12. The van der Waals surface area contributed by atoms with E-state index in [1.807, 2.05) is 38.2 Å². The van der Waals surface area contributed by atoms with Crippen LogP contribution in [0.1, 0.15) is 0 Å². The second-order valence-electron chi connectivity index (χ2n) is 4.78. The number of rotatable bonds is 4. The number of hydrogen-bond acceptors (Lipinski definition) is 4. The fourth-order valence-electron chi connectivity index (χ4n) is 2.21. The zero-order valence-electron chi connectivity index (χ0n) is 11.7. The molecule has 0 atom stereocenters. The maximum absolute atomic E-state index is 6.28. The van der Waals surface area contributed by atoms with Crippen molar-refractivity contribution in [3.8, 4) is 11.3 Å². The first-order valence-electron chi connectivity index (χ1n) is 6.75. The molecule has 0 saturated heterocycles. The van der Waals surface area contributed by atoms with Gasteiger partial charge in [-0.05, 0) is 11.5 Å². The summed E-state index contributed by atoms with van der Waals surface area (Å²) in [7, 11) is 1.98. The minimum atomic E-state index is 0.547. The van der Waals surface area contributed by atoms with Crippen LogP contribution in [0.15, 0.2) is 36.5 Å². The van der Waals surface area contributed by atoms with E-state index >= 15 is 0 Å². The Kier molecular flexibility index (Phi) is 3.81. The highest BCUT2D eigenvalue weighted by Gasteiger charge is 2.11. The van der Waals surface area contributed by atoms with Gasteiger partial charge in [0.2, 0.25) is 0 Å². The van der Waals surface area contributed by atoms with E-state index in [9.17, 15) is 0 Å². The van der Waals surface area contributed by atoms with Crippen LogP contribution in [0.5, 0.6) is 0 Å². The summed E-state index contributed by atoms with van der Waals surface area (Å²) >= 11 is 6.28. The van der Waals surface area contributed by atoms with Crippen molar-refractivity contribution < 1.29 is 0 Å². The Morgan fingerprint density at radius 1 is 1.33 bits per heavy atom. The summed E-state index contributed by atoms with van der Waals surface area (Å²) in [6, 6.07) is 9.61. The average Bonchev–Trinajstić information content (AvgIpc) is 2.87. The Bertz CT molecular complexity index is 786. The van der Waals surface area contributed by atoms with Gasteiger partial charge in [-0.15, -0.1) is 0 Å². The van der Waals surface area contributed by atoms with Crippen molar-refractivity contribution in [1.82, 2.24) is 14.6 Å². The van der Waals surface area contributed by atoms with Crippen LogP contribution in [0.2, 0.25) is 5.02 Å². The van der Waals surface area contributed by atoms with Crippen LogP contribution in [0, 0.1) is 0 Å². The molecule has 0 radical (unpaired) electrons. The topological polar surface area (TPSA) is 68.2 Å². The molecule has 0 spiro atoms. The van der Waals surface area contributed by atoms with Gasteiger partial charge >= 0.3 is 0 Å². The molecule has 2 aromatic heterocycles. The lowest BCUT2D eigenvalue weighted by Crippen LogP contribution is -2.16. The third-order valence-electron chi connectivity index (χ3n) is 3.25. The summed E-state index contributed by atoms with van der Waals surface area (Å²) in [6.45, 7) is 1.21. The molecule has 0 aliphatic heterocycles. The van der Waals surface area contributed by atoms with E-state index in [0.29, 0.717) is 18.1 Å². The third kappa shape index (κ3) is 2.60. The van der Waals surface area contributed by atoms with Crippen LogP contribution in [0.3, 0.4) is 0 Å². The smallest absolute Gasteiger partial charge is 0.151 e. The number of anilines is 1. The first-order chi connectivity index (χ1) is 10.2. The molecule has 5 nitrogen and oxygen atoms in total. The van der Waals surface area contributed by atoms with Gasteiger partial charge in [0.15, 0.2) is 5.65 Å². The fraction of sp³-hybridized carbons (Fsp3) is 0.143. The lowest BCUT2D eigenvalue weighted by Gasteiger charge is -2.11. The van der Waals surface area contributed by atoms with E-state index in [-0.39, 0.29) is 0 Å². The largest absolute Gasteiger partial charge is 0.369 e. The summed E-state index contributed by atoms with van der Waals surface area (Å²) in [5, 5.41) is 8.30. The van der Waals surface area contributed by atoms with Gasteiger partial charge in [0, 0.05) is 35.9 Å². The Labute approximate surface area is 128 Å². The molecule has 106 valence electrons. The van der Waals surface area contributed by atoms with Crippen molar-refractivity contribution >= 4 is 36.4 Å². The number of nitrogens with zero attached hydrogens (tertiary/aromatic N) is 3. The number of hydrogen-bond donors (Lipinski definition) is 2. The highest BCUT2D eigenvalue weighted by molar-refractivity contribution is 6.36. The molecule has 0 saturated carbocycles.